The number of anilines is 1. The van der Waals surface area contributed by atoms with Crippen molar-refractivity contribution in [3.8, 4) is 17.2 Å². The zero-order chi connectivity index (χ0) is 25.8. The lowest BCUT2D eigenvalue weighted by atomic mass is 9.78. The third kappa shape index (κ3) is 4.58. The number of nitrogens with zero attached hydrogens (tertiary/aromatic N) is 1. The Morgan fingerprint density at radius 3 is 2.19 bits per heavy atom. The van der Waals surface area contributed by atoms with Gasteiger partial charge >= 0.3 is 0 Å². The van der Waals surface area contributed by atoms with Crippen LogP contribution < -0.4 is 19.5 Å². The molecule has 3 aromatic rings. The van der Waals surface area contributed by atoms with Crippen LogP contribution in [0.5, 0.6) is 17.2 Å². The molecule has 4 rings (SSSR count). The predicted molar refractivity (Wildman–Crippen MR) is 134 cm³/mol. The van der Waals surface area contributed by atoms with E-state index in [0.717, 1.165) is 0 Å². The van der Waals surface area contributed by atoms with Crippen LogP contribution in [-0.2, 0) is 4.79 Å². The summed E-state index contributed by atoms with van der Waals surface area (Å²) in [5.74, 6) is -0.358. The van der Waals surface area contributed by atoms with E-state index in [1.807, 2.05) is 13.0 Å². The van der Waals surface area contributed by atoms with Crippen LogP contribution in [0, 0.1) is 5.82 Å². The normalized spacial score (nSPS) is 16.8. The minimum atomic E-state index is -0.752. The molecule has 0 spiro atoms. The quantitative estimate of drug-likeness (QED) is 0.469. The van der Waals surface area contributed by atoms with Crippen LogP contribution in [0.4, 0.5) is 10.1 Å². The summed E-state index contributed by atoms with van der Waals surface area (Å²) in [6.07, 6.45) is 0.696. The molecule has 1 aliphatic heterocycles. The van der Waals surface area contributed by atoms with Gasteiger partial charge < -0.3 is 24.4 Å². The van der Waals surface area contributed by atoms with Gasteiger partial charge in [0.25, 0.3) is 5.91 Å². The predicted octanol–water partition coefficient (Wildman–Crippen LogP) is 5.18. The molecule has 0 saturated heterocycles. The lowest BCUT2D eigenvalue weighted by Gasteiger charge is -2.42. The molecule has 2 amide bonds. The summed E-state index contributed by atoms with van der Waals surface area (Å²) >= 11 is 0. The molecule has 7 nitrogen and oxygen atoms in total. The number of methoxy groups -OCH3 is 3. The molecule has 0 saturated carbocycles. The van der Waals surface area contributed by atoms with Crippen molar-refractivity contribution in [3.63, 3.8) is 0 Å². The van der Waals surface area contributed by atoms with E-state index in [1.54, 1.807) is 35.2 Å². The van der Waals surface area contributed by atoms with Crippen LogP contribution in [0.15, 0.2) is 60.7 Å². The van der Waals surface area contributed by atoms with Crippen LogP contribution in [0.1, 0.15) is 46.8 Å². The fraction of sp³-hybridized carbons (Fsp3) is 0.286. The van der Waals surface area contributed by atoms with E-state index in [1.165, 1.54) is 45.6 Å². The summed E-state index contributed by atoms with van der Waals surface area (Å²) in [5, 5.41) is 2.91. The number of fused-ring (bicyclic) bond motifs is 1. The van der Waals surface area contributed by atoms with Gasteiger partial charge in [0.1, 0.15) is 5.82 Å². The molecule has 2 atom stereocenters. The first kappa shape index (κ1) is 25.0. The van der Waals surface area contributed by atoms with Gasteiger partial charge in [0.2, 0.25) is 11.7 Å². The van der Waals surface area contributed by atoms with Crippen molar-refractivity contribution >= 4 is 17.5 Å². The summed E-state index contributed by atoms with van der Waals surface area (Å²) in [7, 11) is 4.55. The molecule has 188 valence electrons. The Morgan fingerprint density at radius 1 is 0.972 bits per heavy atom. The Labute approximate surface area is 209 Å². The topological polar surface area (TPSA) is 77.1 Å². The molecule has 1 heterocycles. The molecule has 0 radical (unpaired) electrons. The van der Waals surface area contributed by atoms with Crippen LogP contribution in [-0.4, -0.2) is 44.6 Å². The van der Waals surface area contributed by atoms with Gasteiger partial charge in [-0.2, -0.15) is 0 Å². The average Bonchev–Trinajstić information content (AvgIpc) is 2.90. The van der Waals surface area contributed by atoms with Crippen LogP contribution >= 0.6 is 0 Å². The second kappa shape index (κ2) is 10.7. The van der Waals surface area contributed by atoms with Crippen molar-refractivity contribution in [2.24, 2.45) is 0 Å². The highest BCUT2D eigenvalue weighted by Crippen LogP contribution is 2.47. The summed E-state index contributed by atoms with van der Waals surface area (Å²) in [4.78, 5) is 29.2. The number of carbonyl (C=O) groups excluding carboxylic acids is 2. The molecule has 8 heteroatoms. The Morgan fingerprint density at radius 2 is 1.61 bits per heavy atom. The van der Waals surface area contributed by atoms with Crippen LogP contribution in [0.2, 0.25) is 0 Å². The fourth-order valence-electron chi connectivity index (χ4n) is 4.76. The highest BCUT2D eigenvalue weighted by atomic mass is 19.1. The summed E-state index contributed by atoms with van der Waals surface area (Å²) in [5.41, 5.74) is 2.23. The van der Waals surface area contributed by atoms with Gasteiger partial charge in [-0.05, 0) is 60.0 Å². The fourth-order valence-corrected chi connectivity index (χ4v) is 4.76. The van der Waals surface area contributed by atoms with Gasteiger partial charge in [0.05, 0.1) is 33.3 Å². The largest absolute Gasteiger partial charge is 0.493 e. The number of hydrogen-bond donors (Lipinski definition) is 1. The van der Waals surface area contributed by atoms with Gasteiger partial charge in [-0.1, -0.05) is 25.1 Å². The van der Waals surface area contributed by atoms with Gasteiger partial charge in [-0.15, -0.1) is 0 Å². The SMILES string of the molecule is CCCN1C(=O)c2ccccc2[C@@H](C(=O)Nc2ccc(F)cc2)[C@@H]1c1cc(OC)c(OC)c(OC)c1. The van der Waals surface area contributed by atoms with E-state index in [-0.39, 0.29) is 11.8 Å². The molecule has 0 unspecified atom stereocenters. The first-order chi connectivity index (χ1) is 17.4. The molecule has 0 bridgehead atoms. The van der Waals surface area contributed by atoms with Gasteiger partial charge in [0.15, 0.2) is 11.5 Å². The molecule has 1 N–H and O–H groups in total. The van der Waals surface area contributed by atoms with E-state index in [2.05, 4.69) is 5.32 Å². The third-order valence-corrected chi connectivity index (χ3v) is 6.33. The van der Waals surface area contributed by atoms with Crippen molar-refractivity contribution in [3.05, 3.63) is 83.2 Å². The molecule has 36 heavy (non-hydrogen) atoms. The van der Waals surface area contributed by atoms with E-state index in [9.17, 15) is 14.0 Å². The highest BCUT2D eigenvalue weighted by Gasteiger charge is 2.44. The Bertz CT molecular complexity index is 1240. The minimum absolute atomic E-state index is 0.156. The number of nitrogens with one attached hydrogen (secondary N) is 1. The summed E-state index contributed by atoms with van der Waals surface area (Å²) in [6.45, 7) is 2.42. The zero-order valence-electron chi connectivity index (χ0n) is 20.7. The number of benzene rings is 3. The standard InChI is InChI=1S/C28H29FN2O5/c1-5-14-31-25(17-15-22(34-2)26(36-4)23(16-17)35-3)24(20-8-6-7-9-21(20)28(31)33)27(32)30-19-12-10-18(29)11-13-19/h6-13,15-16,24-25H,5,14H2,1-4H3,(H,30,32)/t24-,25+/m1/s1. The third-order valence-electron chi connectivity index (χ3n) is 6.33. The molecular weight excluding hydrogens is 463 g/mol. The minimum Gasteiger partial charge on any atom is -0.493 e. The first-order valence-electron chi connectivity index (χ1n) is 11.7. The van der Waals surface area contributed by atoms with Crippen LogP contribution in [0.25, 0.3) is 0 Å². The van der Waals surface area contributed by atoms with Crippen molar-refractivity contribution in [1.29, 1.82) is 0 Å². The van der Waals surface area contributed by atoms with E-state index >= 15 is 0 Å². The highest BCUT2D eigenvalue weighted by molar-refractivity contribution is 6.04. The average molecular weight is 493 g/mol. The van der Waals surface area contributed by atoms with Crippen LogP contribution in [0.3, 0.4) is 0 Å². The second-order valence-corrected chi connectivity index (χ2v) is 8.46. The lowest BCUT2D eigenvalue weighted by Crippen LogP contribution is -2.46. The molecule has 1 aliphatic rings. The van der Waals surface area contributed by atoms with Crippen molar-refractivity contribution in [2.75, 3.05) is 33.2 Å². The summed E-state index contributed by atoms with van der Waals surface area (Å²) < 4.78 is 30.0. The number of amides is 2. The molecule has 3 aromatic carbocycles. The van der Waals surface area contributed by atoms with E-state index in [0.29, 0.717) is 52.6 Å². The Kier molecular flexibility index (Phi) is 7.43. The van der Waals surface area contributed by atoms with E-state index in [4.69, 9.17) is 14.2 Å². The van der Waals surface area contributed by atoms with Gasteiger partial charge in [0, 0.05) is 17.8 Å². The lowest BCUT2D eigenvalue weighted by molar-refractivity contribution is -0.119. The maximum atomic E-state index is 13.9. The molecule has 0 aliphatic carbocycles. The van der Waals surface area contributed by atoms with Crippen molar-refractivity contribution in [2.45, 2.75) is 25.3 Å². The van der Waals surface area contributed by atoms with Crippen molar-refractivity contribution in [1.82, 2.24) is 4.90 Å². The van der Waals surface area contributed by atoms with Gasteiger partial charge in [-0.3, -0.25) is 9.59 Å². The maximum absolute atomic E-state index is 13.9. The maximum Gasteiger partial charge on any atom is 0.254 e. The molecule has 0 fully saturated rings. The van der Waals surface area contributed by atoms with Gasteiger partial charge in [-0.25, -0.2) is 4.39 Å². The summed E-state index contributed by atoms with van der Waals surface area (Å²) in [6, 6.07) is 15.6. The first-order valence-corrected chi connectivity index (χ1v) is 11.7. The smallest absolute Gasteiger partial charge is 0.254 e. The monoisotopic (exact) mass is 492 g/mol. The van der Waals surface area contributed by atoms with Crippen molar-refractivity contribution < 1.29 is 28.2 Å². The zero-order valence-corrected chi connectivity index (χ0v) is 20.7. The number of ether oxygens (including phenoxy) is 3. The Hall–Kier alpha value is -4.07. The number of carbonyl (C=O) groups is 2. The molecule has 0 aromatic heterocycles. The number of rotatable bonds is 8. The van der Waals surface area contributed by atoms with E-state index < -0.39 is 17.8 Å². The molecular formula is C28H29FN2O5. The second-order valence-electron chi connectivity index (χ2n) is 8.46. The number of halogens is 1. The number of hydrogen-bond acceptors (Lipinski definition) is 5. The Balaban J connectivity index is 1.90.